The first-order valence-electron chi connectivity index (χ1n) is 7.13. The highest BCUT2D eigenvalue weighted by molar-refractivity contribution is 5.40. The summed E-state index contributed by atoms with van der Waals surface area (Å²) in [6.07, 6.45) is 5.15. The third kappa shape index (κ3) is 1.48. The van der Waals surface area contributed by atoms with E-state index in [9.17, 15) is 0 Å². The van der Waals surface area contributed by atoms with Gasteiger partial charge < -0.3 is 5.32 Å². The Hall–Kier alpha value is -0.820. The van der Waals surface area contributed by atoms with Crippen LogP contribution in [0.4, 0.5) is 0 Å². The third-order valence-corrected chi connectivity index (χ3v) is 5.24. The lowest BCUT2D eigenvalue weighted by Gasteiger charge is -2.53. The van der Waals surface area contributed by atoms with Gasteiger partial charge in [0.2, 0.25) is 0 Å². The summed E-state index contributed by atoms with van der Waals surface area (Å²) in [6.45, 7) is 5.94. The standard InChI is InChI=1S/C16H23N/c1-3-13-15-11-12-7-5-6-8-14(12)16(13,4-2)9-10-17-15/h5-8,13,15,17H,3-4,9-11H2,1-2H3. The van der Waals surface area contributed by atoms with E-state index in [4.69, 9.17) is 0 Å². The summed E-state index contributed by atoms with van der Waals surface area (Å²) < 4.78 is 0. The van der Waals surface area contributed by atoms with Crippen molar-refractivity contribution >= 4 is 0 Å². The Kier molecular flexibility index (Phi) is 2.74. The summed E-state index contributed by atoms with van der Waals surface area (Å²) in [6, 6.07) is 9.87. The Morgan fingerprint density at radius 3 is 2.88 bits per heavy atom. The second kappa shape index (κ2) is 4.13. The molecular weight excluding hydrogens is 206 g/mol. The molecule has 1 nitrogen and oxygen atoms in total. The number of hydrogen-bond acceptors (Lipinski definition) is 1. The molecule has 1 aromatic carbocycles. The van der Waals surface area contributed by atoms with Crippen molar-refractivity contribution in [1.82, 2.24) is 5.32 Å². The minimum atomic E-state index is 0.458. The van der Waals surface area contributed by atoms with Gasteiger partial charge in [0.1, 0.15) is 0 Å². The number of rotatable bonds is 2. The van der Waals surface area contributed by atoms with Gasteiger partial charge in [-0.1, -0.05) is 44.5 Å². The highest BCUT2D eigenvalue weighted by Crippen LogP contribution is 2.49. The maximum Gasteiger partial charge on any atom is 0.0144 e. The molecule has 92 valence electrons. The molecule has 0 radical (unpaired) electrons. The molecule has 1 N–H and O–H groups in total. The average Bonchev–Trinajstić information content (AvgIpc) is 2.38. The van der Waals surface area contributed by atoms with E-state index in [1.807, 2.05) is 0 Å². The highest BCUT2D eigenvalue weighted by atomic mass is 15.0. The van der Waals surface area contributed by atoms with Crippen LogP contribution < -0.4 is 5.32 Å². The van der Waals surface area contributed by atoms with E-state index in [1.54, 1.807) is 11.1 Å². The maximum atomic E-state index is 3.75. The van der Waals surface area contributed by atoms with Gasteiger partial charge in [-0.2, -0.15) is 0 Å². The summed E-state index contributed by atoms with van der Waals surface area (Å²) in [4.78, 5) is 0. The van der Waals surface area contributed by atoms with E-state index in [-0.39, 0.29) is 0 Å². The molecule has 1 heteroatoms. The molecule has 0 aromatic heterocycles. The van der Waals surface area contributed by atoms with Gasteiger partial charge in [0, 0.05) is 11.5 Å². The summed E-state index contributed by atoms with van der Waals surface area (Å²) in [5, 5.41) is 3.75. The molecule has 1 aliphatic heterocycles. The molecule has 1 aliphatic carbocycles. The minimum Gasteiger partial charge on any atom is -0.313 e. The zero-order chi connectivity index (χ0) is 11.9. The normalized spacial score (nSPS) is 35.4. The van der Waals surface area contributed by atoms with E-state index < -0.39 is 0 Å². The van der Waals surface area contributed by atoms with Crippen LogP contribution >= 0.6 is 0 Å². The smallest absolute Gasteiger partial charge is 0.0144 e. The SMILES string of the molecule is CCC1C2Cc3ccccc3C1(CC)CCN2. The van der Waals surface area contributed by atoms with Gasteiger partial charge in [-0.3, -0.25) is 0 Å². The number of benzene rings is 1. The molecule has 2 aliphatic rings. The van der Waals surface area contributed by atoms with E-state index in [0.29, 0.717) is 11.5 Å². The van der Waals surface area contributed by atoms with Gasteiger partial charge in [0.25, 0.3) is 0 Å². The molecule has 17 heavy (non-hydrogen) atoms. The predicted octanol–water partition coefficient (Wildman–Crippen LogP) is 3.28. The van der Waals surface area contributed by atoms with Crippen LogP contribution in [0, 0.1) is 5.92 Å². The topological polar surface area (TPSA) is 12.0 Å². The predicted molar refractivity (Wildman–Crippen MR) is 72.3 cm³/mol. The molecule has 0 spiro atoms. The molecule has 3 rings (SSSR count). The summed E-state index contributed by atoms with van der Waals surface area (Å²) >= 11 is 0. The third-order valence-electron chi connectivity index (χ3n) is 5.24. The lowest BCUT2D eigenvalue weighted by atomic mass is 9.56. The van der Waals surface area contributed by atoms with Crippen molar-refractivity contribution in [1.29, 1.82) is 0 Å². The second-order valence-corrected chi connectivity index (χ2v) is 5.70. The fourth-order valence-electron chi connectivity index (χ4n) is 4.47. The molecule has 3 unspecified atom stereocenters. The lowest BCUT2D eigenvalue weighted by Crippen LogP contribution is -2.58. The molecular formula is C16H23N. The Bertz CT molecular complexity index is 412. The van der Waals surface area contributed by atoms with Crippen molar-refractivity contribution in [2.24, 2.45) is 5.92 Å². The van der Waals surface area contributed by atoms with Crippen LogP contribution in [0.5, 0.6) is 0 Å². The second-order valence-electron chi connectivity index (χ2n) is 5.70. The Labute approximate surface area is 105 Å². The van der Waals surface area contributed by atoms with E-state index >= 15 is 0 Å². The van der Waals surface area contributed by atoms with Gasteiger partial charge in [-0.25, -0.2) is 0 Å². The van der Waals surface area contributed by atoms with Crippen LogP contribution in [-0.2, 0) is 11.8 Å². The van der Waals surface area contributed by atoms with Gasteiger partial charge in [-0.15, -0.1) is 0 Å². The monoisotopic (exact) mass is 229 g/mol. The van der Waals surface area contributed by atoms with Crippen molar-refractivity contribution in [3.8, 4) is 0 Å². The molecule has 2 bridgehead atoms. The van der Waals surface area contributed by atoms with E-state index in [0.717, 1.165) is 5.92 Å². The minimum absolute atomic E-state index is 0.458. The molecule has 1 aromatic rings. The van der Waals surface area contributed by atoms with Crippen LogP contribution in [-0.4, -0.2) is 12.6 Å². The Morgan fingerprint density at radius 2 is 2.12 bits per heavy atom. The van der Waals surface area contributed by atoms with Gasteiger partial charge in [0.15, 0.2) is 0 Å². The zero-order valence-corrected chi connectivity index (χ0v) is 11.0. The number of piperidine rings is 1. The van der Waals surface area contributed by atoms with Crippen molar-refractivity contribution in [3.05, 3.63) is 35.4 Å². The molecule has 1 heterocycles. The van der Waals surface area contributed by atoms with Crippen molar-refractivity contribution in [2.45, 2.75) is 51.0 Å². The Morgan fingerprint density at radius 1 is 1.29 bits per heavy atom. The highest BCUT2D eigenvalue weighted by Gasteiger charge is 2.48. The van der Waals surface area contributed by atoms with Gasteiger partial charge in [-0.05, 0) is 42.9 Å². The largest absolute Gasteiger partial charge is 0.313 e. The molecule has 1 saturated heterocycles. The zero-order valence-electron chi connectivity index (χ0n) is 11.0. The first-order valence-corrected chi connectivity index (χ1v) is 7.13. The summed E-state index contributed by atoms with van der Waals surface area (Å²) in [7, 11) is 0. The number of nitrogens with one attached hydrogen (secondary N) is 1. The van der Waals surface area contributed by atoms with E-state index in [2.05, 4.69) is 43.4 Å². The summed E-state index contributed by atoms with van der Waals surface area (Å²) in [5.41, 5.74) is 3.71. The first-order chi connectivity index (χ1) is 8.31. The van der Waals surface area contributed by atoms with Crippen LogP contribution in [0.3, 0.4) is 0 Å². The fourth-order valence-corrected chi connectivity index (χ4v) is 4.47. The van der Waals surface area contributed by atoms with Crippen LogP contribution in [0.2, 0.25) is 0 Å². The quantitative estimate of drug-likeness (QED) is 0.820. The van der Waals surface area contributed by atoms with Crippen molar-refractivity contribution < 1.29 is 0 Å². The lowest BCUT2D eigenvalue weighted by molar-refractivity contribution is 0.118. The maximum absolute atomic E-state index is 3.75. The van der Waals surface area contributed by atoms with Crippen LogP contribution in [0.25, 0.3) is 0 Å². The van der Waals surface area contributed by atoms with Crippen LogP contribution in [0.15, 0.2) is 24.3 Å². The molecule has 0 saturated carbocycles. The van der Waals surface area contributed by atoms with Crippen molar-refractivity contribution in [3.63, 3.8) is 0 Å². The number of hydrogen-bond donors (Lipinski definition) is 1. The van der Waals surface area contributed by atoms with E-state index in [1.165, 1.54) is 32.2 Å². The van der Waals surface area contributed by atoms with Gasteiger partial charge in [0.05, 0.1) is 0 Å². The Balaban J connectivity index is 2.16. The molecule has 1 fully saturated rings. The number of fused-ring (bicyclic) bond motifs is 4. The fraction of sp³-hybridized carbons (Fsp3) is 0.625. The average molecular weight is 229 g/mol. The summed E-state index contributed by atoms with van der Waals surface area (Å²) in [5.74, 6) is 0.830. The molecule has 0 amide bonds. The first kappa shape index (κ1) is 11.3. The van der Waals surface area contributed by atoms with Gasteiger partial charge >= 0.3 is 0 Å². The molecule has 3 atom stereocenters. The van der Waals surface area contributed by atoms with Crippen molar-refractivity contribution in [2.75, 3.05) is 6.54 Å². The van der Waals surface area contributed by atoms with Crippen LogP contribution in [0.1, 0.15) is 44.2 Å².